The highest BCUT2D eigenvalue weighted by Gasteiger charge is 2.26. The molecule has 25 heavy (non-hydrogen) atoms. The number of aromatic amines is 2. The highest BCUT2D eigenvalue weighted by atomic mass is 16.5. The molecule has 0 bridgehead atoms. The van der Waals surface area contributed by atoms with Crippen LogP contribution in [0, 0.1) is 0 Å². The lowest BCUT2D eigenvalue weighted by atomic mass is 10.2. The molecule has 0 aliphatic heterocycles. The number of aliphatic hydroxyl groups is 1. The number of nitrogens with one attached hydrogen (secondary N) is 2. The van der Waals surface area contributed by atoms with Crippen molar-refractivity contribution in [3.8, 4) is 17.3 Å². The molecule has 3 aromatic heterocycles. The van der Waals surface area contributed by atoms with Gasteiger partial charge in [0.05, 0.1) is 6.10 Å². The number of para-hydroxylation sites is 1. The standard InChI is InChI=1S/C18H17N5O2/c24-10-5-6-11(7-10)25-18-15-17(20-9-21-18)23-16(22-15)13-8-19-14-4-2-1-3-12(13)14/h1-4,8-11,19,24H,5-7H2,(H,20,21,22,23)/t10-,11+/m0/s1. The zero-order valence-electron chi connectivity index (χ0n) is 13.4. The molecule has 0 saturated heterocycles. The third-order valence-corrected chi connectivity index (χ3v) is 4.73. The molecule has 1 aliphatic rings. The lowest BCUT2D eigenvalue weighted by Gasteiger charge is -2.11. The van der Waals surface area contributed by atoms with Crippen LogP contribution in [0.15, 0.2) is 36.8 Å². The summed E-state index contributed by atoms with van der Waals surface area (Å²) in [5, 5.41) is 10.8. The Morgan fingerprint density at radius 2 is 2.08 bits per heavy atom. The van der Waals surface area contributed by atoms with Crippen LogP contribution < -0.4 is 4.74 Å². The zero-order chi connectivity index (χ0) is 16.8. The van der Waals surface area contributed by atoms with Crippen molar-refractivity contribution in [2.24, 2.45) is 0 Å². The van der Waals surface area contributed by atoms with Crippen molar-refractivity contribution >= 4 is 22.1 Å². The molecule has 4 aromatic rings. The molecule has 7 nitrogen and oxygen atoms in total. The highest BCUT2D eigenvalue weighted by molar-refractivity contribution is 5.95. The average Bonchev–Trinajstić information content (AvgIpc) is 3.32. The van der Waals surface area contributed by atoms with E-state index in [9.17, 15) is 5.11 Å². The van der Waals surface area contributed by atoms with Crippen LogP contribution in [-0.4, -0.2) is 42.2 Å². The number of nitrogens with zero attached hydrogens (tertiary/aromatic N) is 3. The lowest BCUT2D eigenvalue weighted by Crippen LogP contribution is -2.14. The van der Waals surface area contributed by atoms with Gasteiger partial charge < -0.3 is 19.8 Å². The molecule has 0 unspecified atom stereocenters. The number of aromatic nitrogens is 5. The predicted molar refractivity (Wildman–Crippen MR) is 93.3 cm³/mol. The van der Waals surface area contributed by atoms with Crippen molar-refractivity contribution in [3.63, 3.8) is 0 Å². The van der Waals surface area contributed by atoms with Crippen LogP contribution in [0.3, 0.4) is 0 Å². The van der Waals surface area contributed by atoms with Gasteiger partial charge in [-0.1, -0.05) is 18.2 Å². The van der Waals surface area contributed by atoms with Crippen molar-refractivity contribution in [2.45, 2.75) is 31.5 Å². The highest BCUT2D eigenvalue weighted by Crippen LogP contribution is 2.31. The largest absolute Gasteiger partial charge is 0.473 e. The third kappa shape index (κ3) is 2.44. The number of fused-ring (bicyclic) bond motifs is 2. The molecule has 1 aromatic carbocycles. The normalized spacial score (nSPS) is 20.5. The molecule has 2 atom stereocenters. The Kier molecular flexibility index (Phi) is 3.21. The van der Waals surface area contributed by atoms with E-state index in [2.05, 4.69) is 31.0 Å². The van der Waals surface area contributed by atoms with Crippen molar-refractivity contribution in [2.75, 3.05) is 0 Å². The number of aliphatic hydroxyl groups excluding tert-OH is 1. The first-order valence-electron chi connectivity index (χ1n) is 8.40. The molecule has 3 N–H and O–H groups in total. The Bertz CT molecular complexity index is 1050. The molecule has 1 fully saturated rings. The Hall–Kier alpha value is -2.93. The van der Waals surface area contributed by atoms with Gasteiger partial charge >= 0.3 is 0 Å². The first-order valence-corrected chi connectivity index (χ1v) is 8.40. The van der Waals surface area contributed by atoms with E-state index >= 15 is 0 Å². The minimum Gasteiger partial charge on any atom is -0.473 e. The van der Waals surface area contributed by atoms with Gasteiger partial charge in [0.25, 0.3) is 0 Å². The number of benzene rings is 1. The smallest absolute Gasteiger partial charge is 0.243 e. The van der Waals surface area contributed by atoms with Crippen LogP contribution in [0.2, 0.25) is 0 Å². The van der Waals surface area contributed by atoms with Gasteiger partial charge in [0.15, 0.2) is 5.65 Å². The number of hydrogen-bond donors (Lipinski definition) is 3. The summed E-state index contributed by atoms with van der Waals surface area (Å²) in [5.74, 6) is 1.21. The Balaban J connectivity index is 1.56. The average molecular weight is 335 g/mol. The maximum atomic E-state index is 9.68. The van der Waals surface area contributed by atoms with Crippen molar-refractivity contribution in [3.05, 3.63) is 36.8 Å². The second-order valence-electron chi connectivity index (χ2n) is 6.42. The topological polar surface area (TPSA) is 99.7 Å². The van der Waals surface area contributed by atoms with Gasteiger partial charge in [-0.05, 0) is 18.9 Å². The summed E-state index contributed by atoms with van der Waals surface area (Å²) in [6, 6.07) is 8.08. The summed E-state index contributed by atoms with van der Waals surface area (Å²) in [6.45, 7) is 0. The minimum atomic E-state index is -0.286. The Labute approximate surface area is 143 Å². The van der Waals surface area contributed by atoms with E-state index in [0.29, 0.717) is 23.5 Å². The zero-order valence-corrected chi connectivity index (χ0v) is 13.4. The first kappa shape index (κ1) is 14.4. The predicted octanol–water partition coefficient (Wildman–Crippen LogP) is 2.79. The maximum Gasteiger partial charge on any atom is 0.243 e. The van der Waals surface area contributed by atoms with E-state index in [4.69, 9.17) is 4.74 Å². The molecular formula is C18H17N5O2. The number of H-pyrrole nitrogens is 2. The number of rotatable bonds is 3. The number of ether oxygens (including phenoxy) is 1. The van der Waals surface area contributed by atoms with E-state index in [0.717, 1.165) is 35.1 Å². The quantitative estimate of drug-likeness (QED) is 0.534. The second kappa shape index (κ2) is 5.56. The van der Waals surface area contributed by atoms with Crippen LogP contribution in [0.4, 0.5) is 0 Å². The van der Waals surface area contributed by atoms with Crippen molar-refractivity contribution < 1.29 is 9.84 Å². The fraction of sp³-hybridized carbons (Fsp3) is 0.278. The van der Waals surface area contributed by atoms with Gasteiger partial charge in [0, 0.05) is 29.1 Å². The summed E-state index contributed by atoms with van der Waals surface area (Å²) in [5.41, 5.74) is 3.30. The molecule has 7 heteroatoms. The second-order valence-corrected chi connectivity index (χ2v) is 6.42. The third-order valence-electron chi connectivity index (χ3n) is 4.73. The van der Waals surface area contributed by atoms with Crippen LogP contribution in [-0.2, 0) is 0 Å². The summed E-state index contributed by atoms with van der Waals surface area (Å²) < 4.78 is 5.99. The van der Waals surface area contributed by atoms with Gasteiger partial charge in [0.2, 0.25) is 5.88 Å². The van der Waals surface area contributed by atoms with E-state index < -0.39 is 0 Å². The molecule has 0 amide bonds. The van der Waals surface area contributed by atoms with E-state index in [1.54, 1.807) is 0 Å². The molecule has 3 heterocycles. The SMILES string of the molecule is O[C@H]1CC[C@@H](Oc2ncnc3nc(-c4c[nH]c5ccccc45)[nH]c23)C1. The van der Waals surface area contributed by atoms with E-state index in [-0.39, 0.29) is 12.2 Å². The van der Waals surface area contributed by atoms with Crippen molar-refractivity contribution in [1.29, 1.82) is 0 Å². The van der Waals surface area contributed by atoms with Gasteiger partial charge in [-0.3, -0.25) is 0 Å². The minimum absolute atomic E-state index is 0.0204. The first-order chi connectivity index (χ1) is 12.3. The van der Waals surface area contributed by atoms with Crippen LogP contribution in [0.5, 0.6) is 5.88 Å². The monoisotopic (exact) mass is 335 g/mol. The summed E-state index contributed by atoms with van der Waals surface area (Å²) in [6.07, 6.45) is 5.32. The van der Waals surface area contributed by atoms with Crippen molar-refractivity contribution in [1.82, 2.24) is 24.9 Å². The molecule has 1 saturated carbocycles. The molecule has 1 aliphatic carbocycles. The van der Waals surface area contributed by atoms with Gasteiger partial charge in [-0.2, -0.15) is 4.98 Å². The molecule has 5 rings (SSSR count). The molecule has 0 spiro atoms. The van der Waals surface area contributed by atoms with Gasteiger partial charge in [0.1, 0.15) is 23.8 Å². The Morgan fingerprint density at radius 3 is 2.96 bits per heavy atom. The molecule has 0 radical (unpaired) electrons. The number of imidazole rings is 1. The van der Waals surface area contributed by atoms with Crippen LogP contribution >= 0.6 is 0 Å². The maximum absolute atomic E-state index is 9.68. The van der Waals surface area contributed by atoms with Gasteiger partial charge in [-0.25, -0.2) is 9.97 Å². The van der Waals surface area contributed by atoms with E-state index in [1.807, 2.05) is 24.4 Å². The van der Waals surface area contributed by atoms with E-state index in [1.165, 1.54) is 6.33 Å². The van der Waals surface area contributed by atoms with Crippen LogP contribution in [0.1, 0.15) is 19.3 Å². The molecular weight excluding hydrogens is 318 g/mol. The fourth-order valence-electron chi connectivity index (χ4n) is 3.47. The summed E-state index contributed by atoms with van der Waals surface area (Å²) >= 11 is 0. The fourth-order valence-corrected chi connectivity index (χ4v) is 3.47. The summed E-state index contributed by atoms with van der Waals surface area (Å²) in [4.78, 5) is 19.7. The van der Waals surface area contributed by atoms with Crippen LogP contribution in [0.25, 0.3) is 33.5 Å². The molecule has 126 valence electrons. The summed E-state index contributed by atoms with van der Waals surface area (Å²) in [7, 11) is 0. The lowest BCUT2D eigenvalue weighted by molar-refractivity contribution is 0.148. The Morgan fingerprint density at radius 1 is 1.16 bits per heavy atom. The van der Waals surface area contributed by atoms with Gasteiger partial charge in [-0.15, -0.1) is 0 Å². The number of hydrogen-bond acceptors (Lipinski definition) is 5.